The Morgan fingerprint density at radius 3 is 1.71 bits per heavy atom. The van der Waals surface area contributed by atoms with Gasteiger partial charge in [0.05, 0.1) is 0 Å². The molecule has 0 aromatic rings. The van der Waals surface area contributed by atoms with E-state index in [9.17, 15) is 24.3 Å². The van der Waals surface area contributed by atoms with Gasteiger partial charge >= 0.3 is 17.9 Å². The van der Waals surface area contributed by atoms with Crippen LogP contribution in [0, 0.1) is 0 Å². The molecule has 6 atom stereocenters. The van der Waals surface area contributed by atoms with Gasteiger partial charge in [0.1, 0.15) is 12.2 Å². The monoisotopic (exact) mass is 410 g/mol. The Bertz CT molecular complexity index is 504. The highest BCUT2D eigenvalue weighted by atomic mass is 79.9. The summed E-state index contributed by atoms with van der Waals surface area (Å²) in [4.78, 5) is 45.6. The van der Waals surface area contributed by atoms with Crippen LogP contribution in [0.4, 0.5) is 0 Å². The molecule has 0 radical (unpaired) electrons. The van der Waals surface area contributed by atoms with Gasteiger partial charge < -0.3 is 24.1 Å². The molecule has 24 heavy (non-hydrogen) atoms. The molecule has 1 heterocycles. The zero-order chi connectivity index (χ0) is 18.6. The van der Waals surface area contributed by atoms with Crippen molar-refractivity contribution in [2.45, 2.75) is 63.2 Å². The van der Waals surface area contributed by atoms with E-state index in [1.54, 1.807) is 0 Å². The summed E-state index contributed by atoms with van der Waals surface area (Å²) in [7, 11) is 0. The molecule has 1 unspecified atom stereocenters. The molecule has 0 saturated carbocycles. The predicted molar refractivity (Wildman–Crippen MR) is 80.9 cm³/mol. The largest absolute Gasteiger partial charge is 0.456 e. The lowest BCUT2D eigenvalue weighted by Crippen LogP contribution is -2.63. The fourth-order valence-electron chi connectivity index (χ4n) is 2.28. The number of esters is 3. The van der Waals surface area contributed by atoms with E-state index in [0.29, 0.717) is 0 Å². The summed E-state index contributed by atoms with van der Waals surface area (Å²) in [5.74, 6) is -2.80. The lowest BCUT2D eigenvalue weighted by molar-refractivity contribution is -0.242. The van der Waals surface area contributed by atoms with Crippen LogP contribution in [-0.2, 0) is 38.1 Å². The normalized spacial score (nSPS) is 30.8. The van der Waals surface area contributed by atoms with E-state index in [1.807, 2.05) is 0 Å². The summed E-state index contributed by atoms with van der Waals surface area (Å²) in [5, 5.41) is 9.03. The van der Waals surface area contributed by atoms with Crippen LogP contribution < -0.4 is 0 Å². The summed E-state index contributed by atoms with van der Waals surface area (Å²) < 4.78 is 20.7. The standard InChI is InChI=1S/C14H19BrO9/c1-5(16)9(20)10-11(21-6(2)17)12(22-7(3)18)13(14(15)24-10)23-8(4)19/h9-14,20H,1-4H3/t9?,10-,11+,12+,13-,14+/m1/s1. The first-order valence-electron chi connectivity index (χ1n) is 7.04. The van der Waals surface area contributed by atoms with Crippen molar-refractivity contribution in [1.29, 1.82) is 0 Å². The molecule has 1 N–H and O–H groups in total. The van der Waals surface area contributed by atoms with E-state index in [2.05, 4.69) is 15.9 Å². The number of alkyl halides is 1. The van der Waals surface area contributed by atoms with Gasteiger partial charge in [-0.3, -0.25) is 19.2 Å². The van der Waals surface area contributed by atoms with Crippen LogP contribution in [0.2, 0.25) is 0 Å². The van der Waals surface area contributed by atoms with Crippen molar-refractivity contribution < 1.29 is 43.2 Å². The maximum atomic E-state index is 11.5. The summed E-state index contributed by atoms with van der Waals surface area (Å²) in [6.45, 7) is 4.48. The molecular formula is C14H19BrO9. The van der Waals surface area contributed by atoms with E-state index in [4.69, 9.17) is 18.9 Å². The number of hydrogen-bond donors (Lipinski definition) is 1. The maximum absolute atomic E-state index is 11.5. The molecular weight excluding hydrogens is 392 g/mol. The average Bonchev–Trinajstić information content (AvgIpc) is 2.43. The maximum Gasteiger partial charge on any atom is 0.303 e. The molecule has 1 rings (SSSR count). The van der Waals surface area contributed by atoms with Crippen LogP contribution in [-0.4, -0.2) is 64.3 Å². The Morgan fingerprint density at radius 1 is 0.875 bits per heavy atom. The van der Waals surface area contributed by atoms with E-state index >= 15 is 0 Å². The van der Waals surface area contributed by atoms with E-state index < -0.39 is 59.2 Å². The lowest BCUT2D eigenvalue weighted by Gasteiger charge is -2.43. The minimum absolute atomic E-state index is 0.635. The van der Waals surface area contributed by atoms with Crippen LogP contribution >= 0.6 is 15.9 Å². The van der Waals surface area contributed by atoms with Crippen molar-refractivity contribution in [2.24, 2.45) is 0 Å². The van der Waals surface area contributed by atoms with Gasteiger partial charge in [0.2, 0.25) is 0 Å². The highest BCUT2D eigenvalue weighted by Gasteiger charge is 2.53. The van der Waals surface area contributed by atoms with Crippen LogP contribution in [0.1, 0.15) is 27.7 Å². The molecule has 0 aliphatic carbocycles. The SMILES string of the molecule is CC(=O)O[C@H]1[C@@H](OC(C)=O)[C@@H](C(O)C(C)=O)O[C@H](Br)[C@@H]1OC(C)=O. The zero-order valence-corrected chi connectivity index (χ0v) is 15.1. The number of rotatable bonds is 5. The number of carbonyl (C=O) groups is 4. The highest BCUT2D eigenvalue weighted by Crippen LogP contribution is 2.33. The van der Waals surface area contributed by atoms with Crippen molar-refractivity contribution in [3.05, 3.63) is 0 Å². The van der Waals surface area contributed by atoms with Crippen LogP contribution in [0.25, 0.3) is 0 Å². The first kappa shape index (κ1) is 20.5. The fraction of sp³-hybridized carbons (Fsp3) is 0.714. The minimum atomic E-state index is -1.63. The Labute approximate surface area is 146 Å². The first-order chi connectivity index (χ1) is 11.0. The molecule has 10 heteroatoms. The van der Waals surface area contributed by atoms with Crippen LogP contribution in [0.5, 0.6) is 0 Å². The van der Waals surface area contributed by atoms with Gasteiger partial charge in [-0.25, -0.2) is 0 Å². The number of aliphatic hydroxyl groups is 1. The Hall–Kier alpha value is -1.52. The third-order valence-electron chi connectivity index (χ3n) is 3.15. The number of ketones is 1. The molecule has 0 aromatic heterocycles. The average molecular weight is 411 g/mol. The van der Waals surface area contributed by atoms with Gasteiger partial charge in [0.15, 0.2) is 29.1 Å². The number of carbonyl (C=O) groups excluding carboxylic acids is 4. The summed E-state index contributed by atoms with van der Waals surface area (Å²) >= 11 is 3.11. The summed E-state index contributed by atoms with van der Waals surface area (Å²) in [5.41, 5.74) is 0. The number of halogens is 1. The van der Waals surface area contributed by atoms with Gasteiger partial charge in [-0.2, -0.15) is 0 Å². The quantitative estimate of drug-likeness (QED) is 0.374. The molecule has 0 bridgehead atoms. The Kier molecular flexibility index (Phi) is 7.30. The third-order valence-corrected chi connectivity index (χ3v) is 3.89. The van der Waals surface area contributed by atoms with E-state index in [1.165, 1.54) is 0 Å². The van der Waals surface area contributed by atoms with Crippen molar-refractivity contribution in [2.75, 3.05) is 0 Å². The predicted octanol–water partition coefficient (Wildman–Crippen LogP) is -0.149. The molecule has 1 saturated heterocycles. The summed E-state index contributed by atoms with van der Waals surface area (Å²) in [6.07, 6.45) is -6.71. The third kappa shape index (κ3) is 5.25. The van der Waals surface area contributed by atoms with Crippen molar-refractivity contribution >= 4 is 39.6 Å². The number of Topliss-reactive ketones (excluding diaryl/α,β-unsaturated/α-hetero) is 1. The second kappa shape index (κ2) is 8.54. The van der Waals surface area contributed by atoms with Crippen molar-refractivity contribution in [1.82, 2.24) is 0 Å². The molecule has 0 amide bonds. The number of aliphatic hydroxyl groups excluding tert-OH is 1. The molecule has 1 aliphatic heterocycles. The van der Waals surface area contributed by atoms with Crippen molar-refractivity contribution in [3.8, 4) is 0 Å². The second-order valence-corrected chi connectivity index (χ2v) is 6.13. The Balaban J connectivity index is 3.26. The second-order valence-electron chi connectivity index (χ2n) is 5.23. The van der Waals surface area contributed by atoms with Crippen LogP contribution in [0.15, 0.2) is 0 Å². The smallest absolute Gasteiger partial charge is 0.303 e. The van der Waals surface area contributed by atoms with E-state index in [0.717, 1.165) is 27.7 Å². The number of hydrogen-bond acceptors (Lipinski definition) is 9. The molecule has 136 valence electrons. The van der Waals surface area contributed by atoms with Gasteiger partial charge in [0, 0.05) is 20.8 Å². The first-order valence-corrected chi connectivity index (χ1v) is 7.95. The van der Waals surface area contributed by atoms with Crippen molar-refractivity contribution in [3.63, 3.8) is 0 Å². The molecule has 1 aliphatic rings. The minimum Gasteiger partial charge on any atom is -0.456 e. The molecule has 0 spiro atoms. The zero-order valence-electron chi connectivity index (χ0n) is 13.6. The van der Waals surface area contributed by atoms with E-state index in [-0.39, 0.29) is 0 Å². The number of ether oxygens (including phenoxy) is 4. The van der Waals surface area contributed by atoms with Gasteiger partial charge in [-0.15, -0.1) is 0 Å². The topological polar surface area (TPSA) is 125 Å². The fourth-order valence-corrected chi connectivity index (χ4v) is 2.94. The Morgan fingerprint density at radius 2 is 1.29 bits per heavy atom. The highest BCUT2D eigenvalue weighted by molar-refractivity contribution is 9.09. The molecule has 1 fully saturated rings. The lowest BCUT2D eigenvalue weighted by atomic mass is 9.94. The van der Waals surface area contributed by atoms with Gasteiger partial charge in [0.25, 0.3) is 0 Å². The molecule has 0 aromatic carbocycles. The molecule has 9 nitrogen and oxygen atoms in total. The van der Waals surface area contributed by atoms with Gasteiger partial charge in [-0.1, -0.05) is 15.9 Å². The van der Waals surface area contributed by atoms with Crippen LogP contribution in [0.3, 0.4) is 0 Å². The van der Waals surface area contributed by atoms with Gasteiger partial charge in [-0.05, 0) is 6.92 Å². The summed E-state index contributed by atoms with van der Waals surface area (Å²) in [6, 6.07) is 0.